The molecule has 2 saturated carbocycles. The second-order valence-electron chi connectivity index (χ2n) is 11.5. The number of aromatic nitrogens is 2. The first kappa shape index (κ1) is 28.1. The van der Waals surface area contributed by atoms with Gasteiger partial charge < -0.3 is 24.0 Å². The van der Waals surface area contributed by atoms with E-state index in [1.165, 1.54) is 35.6 Å². The smallest absolute Gasteiger partial charge is 0.478 e. The summed E-state index contributed by atoms with van der Waals surface area (Å²) < 4.78 is 71.0. The Kier molecular flexibility index (Phi) is 7.04. The van der Waals surface area contributed by atoms with E-state index in [9.17, 15) is 27.5 Å². The molecule has 8 rings (SSSR count). The molecule has 0 amide bonds. The molecule has 43 heavy (non-hydrogen) atoms. The van der Waals surface area contributed by atoms with Crippen LogP contribution in [0.5, 0.6) is 5.75 Å². The van der Waals surface area contributed by atoms with Gasteiger partial charge in [0.05, 0.1) is 23.0 Å². The predicted molar refractivity (Wildman–Crippen MR) is 149 cm³/mol. The Morgan fingerprint density at radius 3 is 2.72 bits per heavy atom. The summed E-state index contributed by atoms with van der Waals surface area (Å²) >= 11 is 1.29. The van der Waals surface area contributed by atoms with Gasteiger partial charge in [-0.25, -0.2) is 14.2 Å². The van der Waals surface area contributed by atoms with E-state index in [1.54, 1.807) is 6.07 Å². The molecule has 0 spiro atoms. The number of fused-ring (bicyclic) bond motifs is 5. The lowest BCUT2D eigenvalue weighted by atomic mass is 9.95. The number of hydrogen-bond donors (Lipinski definition) is 1. The van der Waals surface area contributed by atoms with Gasteiger partial charge in [-0.15, -0.1) is 13.2 Å². The summed E-state index contributed by atoms with van der Waals surface area (Å²) in [5.74, 6) is -1.08. The van der Waals surface area contributed by atoms with Gasteiger partial charge in [-0.1, -0.05) is 28.6 Å². The molecule has 3 atom stereocenters. The van der Waals surface area contributed by atoms with E-state index >= 15 is 0 Å². The fourth-order valence-corrected chi connectivity index (χ4v) is 7.42. The molecule has 2 bridgehead atoms. The molecule has 2 saturated heterocycles. The van der Waals surface area contributed by atoms with Crippen molar-refractivity contribution in [1.29, 1.82) is 0 Å². The van der Waals surface area contributed by atoms with Crippen LogP contribution < -0.4 is 9.64 Å². The van der Waals surface area contributed by atoms with Gasteiger partial charge in [-0.05, 0) is 68.7 Å². The van der Waals surface area contributed by atoms with Crippen LogP contribution in [0, 0.1) is 11.7 Å². The molecule has 2 aromatic heterocycles. The van der Waals surface area contributed by atoms with Crippen molar-refractivity contribution in [2.75, 3.05) is 11.4 Å². The summed E-state index contributed by atoms with van der Waals surface area (Å²) in [5, 5.41) is 14.2. The molecule has 4 fully saturated rings. The van der Waals surface area contributed by atoms with Crippen LogP contribution in [0.1, 0.15) is 66.1 Å². The lowest BCUT2D eigenvalue weighted by molar-refractivity contribution is -0.274. The first-order chi connectivity index (χ1) is 20.6. The van der Waals surface area contributed by atoms with Gasteiger partial charge >= 0.3 is 12.3 Å². The standard InChI is InChI=1S/C30H27F4N3O5S/c31-22-10-17(28(38)39)11-24-26(22)35-29(43-24)37-13-15-5-8-18(37)12-19(9-15)40-14-21-25(36-42-27(21)16-6-7-16)20-3-1-2-4-23(20)41-30(32,33)34/h1-4,10-11,15-16,18-19H,5-9,12-14H2,(H,38,39)/t15-,18-,19-/m0/s1. The molecule has 4 aromatic rings. The fraction of sp³-hybridized carbons (Fsp3) is 0.433. The van der Waals surface area contributed by atoms with Crippen LogP contribution in [-0.2, 0) is 11.3 Å². The third-order valence-corrected chi connectivity index (χ3v) is 9.50. The van der Waals surface area contributed by atoms with Gasteiger partial charge in [0.25, 0.3) is 0 Å². The van der Waals surface area contributed by atoms with Gasteiger partial charge in [0.2, 0.25) is 0 Å². The number of thiazole rings is 1. The number of anilines is 1. The van der Waals surface area contributed by atoms with Crippen LogP contribution in [0.25, 0.3) is 21.5 Å². The fourth-order valence-electron chi connectivity index (χ4n) is 6.32. The normalized spacial score (nSPS) is 22.2. The van der Waals surface area contributed by atoms with Crippen LogP contribution in [0.3, 0.4) is 0 Å². The van der Waals surface area contributed by atoms with Crippen molar-refractivity contribution in [3.63, 3.8) is 0 Å². The Labute approximate surface area is 247 Å². The minimum Gasteiger partial charge on any atom is -0.478 e. The van der Waals surface area contributed by atoms with Crippen molar-refractivity contribution in [3.8, 4) is 17.0 Å². The SMILES string of the molecule is O=C(O)c1cc(F)c2nc(N3C[C@H]4CC[C@H]3C[C@@H](OCc3c(-c5ccccc5OC(F)(F)F)noc3C3CC3)C4)sc2c1. The number of ether oxygens (including phenoxy) is 2. The van der Waals surface area contributed by atoms with E-state index in [2.05, 4.69) is 19.8 Å². The van der Waals surface area contributed by atoms with Crippen LogP contribution >= 0.6 is 11.3 Å². The number of nitrogens with zero attached hydrogens (tertiary/aromatic N) is 3. The molecular weight excluding hydrogens is 590 g/mol. The van der Waals surface area contributed by atoms with Crippen LogP contribution in [-0.4, -0.2) is 46.3 Å². The summed E-state index contributed by atoms with van der Waals surface area (Å²) in [6.45, 7) is 0.866. The van der Waals surface area contributed by atoms with E-state index in [0.29, 0.717) is 33.5 Å². The number of carbonyl (C=O) groups is 1. The van der Waals surface area contributed by atoms with Crippen LogP contribution in [0.2, 0.25) is 0 Å². The van der Waals surface area contributed by atoms with Crippen LogP contribution in [0.4, 0.5) is 22.7 Å². The molecule has 2 aliphatic heterocycles. The highest BCUT2D eigenvalue weighted by Crippen LogP contribution is 2.46. The zero-order valence-electron chi connectivity index (χ0n) is 22.8. The molecule has 0 radical (unpaired) electrons. The lowest BCUT2D eigenvalue weighted by Crippen LogP contribution is -2.41. The summed E-state index contributed by atoms with van der Waals surface area (Å²) in [6, 6.07) is 8.43. The number of para-hydroxylation sites is 1. The van der Waals surface area contributed by atoms with Crippen molar-refractivity contribution < 1.29 is 41.5 Å². The molecule has 4 aliphatic rings. The number of aromatic carboxylic acids is 1. The highest BCUT2D eigenvalue weighted by molar-refractivity contribution is 7.22. The molecular formula is C30H27F4N3O5S. The number of piperidine rings is 1. The predicted octanol–water partition coefficient (Wildman–Crippen LogP) is 7.53. The first-order valence-electron chi connectivity index (χ1n) is 14.2. The second kappa shape index (κ2) is 10.8. The number of rotatable bonds is 8. The van der Waals surface area contributed by atoms with Crippen molar-refractivity contribution >= 4 is 32.7 Å². The highest BCUT2D eigenvalue weighted by atomic mass is 32.1. The third-order valence-electron chi connectivity index (χ3n) is 8.46. The Bertz CT molecular complexity index is 1680. The Morgan fingerprint density at radius 2 is 1.95 bits per heavy atom. The first-order valence-corrected chi connectivity index (χ1v) is 15.0. The number of benzene rings is 2. The summed E-state index contributed by atoms with van der Waals surface area (Å²) in [4.78, 5) is 18.1. The Hall–Kier alpha value is -3.71. The van der Waals surface area contributed by atoms with Gasteiger partial charge in [-0.3, -0.25) is 0 Å². The summed E-state index contributed by atoms with van der Waals surface area (Å²) in [6.07, 6.45) is 0.279. The van der Waals surface area contributed by atoms with E-state index < -0.39 is 18.1 Å². The third kappa shape index (κ3) is 5.67. The summed E-state index contributed by atoms with van der Waals surface area (Å²) in [5.41, 5.74) is 1.18. The number of halogens is 4. The molecule has 4 heterocycles. The number of carboxylic acids is 1. The monoisotopic (exact) mass is 617 g/mol. The quantitative estimate of drug-likeness (QED) is 0.203. The number of hydrogen-bond acceptors (Lipinski definition) is 8. The number of carboxylic acid groups (broad SMARTS) is 1. The van der Waals surface area contributed by atoms with Crippen molar-refractivity contribution in [1.82, 2.24) is 10.1 Å². The van der Waals surface area contributed by atoms with E-state index in [1.807, 2.05) is 0 Å². The topological polar surface area (TPSA) is 97.9 Å². The lowest BCUT2D eigenvalue weighted by Gasteiger charge is -2.36. The molecule has 226 valence electrons. The minimum atomic E-state index is -4.85. The second-order valence-corrected chi connectivity index (χ2v) is 12.5. The Balaban J connectivity index is 1.12. The molecule has 8 nitrogen and oxygen atoms in total. The van der Waals surface area contributed by atoms with Gasteiger partial charge in [0, 0.05) is 29.6 Å². The average Bonchev–Trinajstić information content (AvgIpc) is 3.66. The zero-order valence-corrected chi connectivity index (χ0v) is 23.6. The van der Waals surface area contributed by atoms with E-state index in [0.717, 1.165) is 44.7 Å². The maximum absolute atomic E-state index is 14.7. The molecule has 2 aromatic carbocycles. The maximum atomic E-state index is 14.7. The average molecular weight is 618 g/mol. The maximum Gasteiger partial charge on any atom is 0.573 e. The molecule has 2 aliphatic carbocycles. The zero-order chi connectivity index (χ0) is 29.9. The Morgan fingerprint density at radius 1 is 1.14 bits per heavy atom. The van der Waals surface area contributed by atoms with Crippen LogP contribution in [0.15, 0.2) is 40.9 Å². The van der Waals surface area contributed by atoms with Gasteiger partial charge in [-0.2, -0.15) is 0 Å². The molecule has 1 N–H and O–H groups in total. The van der Waals surface area contributed by atoms with Crippen molar-refractivity contribution in [3.05, 3.63) is 59.1 Å². The van der Waals surface area contributed by atoms with E-state index in [4.69, 9.17) is 9.26 Å². The van der Waals surface area contributed by atoms with E-state index in [-0.39, 0.29) is 52.8 Å². The highest BCUT2D eigenvalue weighted by Gasteiger charge is 2.39. The largest absolute Gasteiger partial charge is 0.573 e. The van der Waals surface area contributed by atoms with Crippen molar-refractivity contribution in [2.24, 2.45) is 5.92 Å². The van der Waals surface area contributed by atoms with Gasteiger partial charge in [0.1, 0.15) is 22.7 Å². The molecule has 13 heteroatoms. The summed E-state index contributed by atoms with van der Waals surface area (Å²) in [7, 11) is 0. The van der Waals surface area contributed by atoms with Gasteiger partial charge in [0.15, 0.2) is 10.9 Å². The molecule has 0 unspecified atom stereocenters. The van der Waals surface area contributed by atoms with Crippen molar-refractivity contribution in [2.45, 2.75) is 69.6 Å². The number of alkyl halides is 3. The minimum absolute atomic E-state index is 0.0945.